The Morgan fingerprint density at radius 2 is 1.24 bits per heavy atom. The average Bonchev–Trinajstić information content (AvgIpc) is 2.55. The van der Waals surface area contributed by atoms with Gasteiger partial charge in [-0.2, -0.15) is 0 Å². The predicted molar refractivity (Wildman–Crippen MR) is 97.2 cm³/mol. The van der Waals surface area contributed by atoms with Crippen LogP contribution in [0, 0.1) is 0 Å². The lowest BCUT2D eigenvalue weighted by atomic mass is 10.0. The number of ether oxygens (including phenoxy) is 2. The number of carbonyl (C=O) groups excluding carboxylic acids is 2. The van der Waals surface area contributed by atoms with Crippen LogP contribution in [0.15, 0.2) is 66.8 Å². The summed E-state index contributed by atoms with van der Waals surface area (Å²) in [5.74, 6) is -0.642. The molecular weight excluding hydrogens is 318 g/mol. The number of hydrogen-bond donors (Lipinski definition) is 1. The first-order valence-corrected chi connectivity index (χ1v) is 7.52. The SMILES string of the molecule is C=C(C)C(=O)Oc1cc(OC(=O)C(=C)C)cc(-c2ccc(N)cc2)c1. The molecule has 0 aliphatic rings. The fourth-order valence-corrected chi connectivity index (χ4v) is 1.92. The maximum absolute atomic E-state index is 11.8. The van der Waals surface area contributed by atoms with Gasteiger partial charge >= 0.3 is 11.9 Å². The minimum Gasteiger partial charge on any atom is -0.423 e. The first-order chi connectivity index (χ1) is 11.8. The van der Waals surface area contributed by atoms with Crippen LogP contribution in [0.25, 0.3) is 11.1 Å². The zero-order valence-electron chi connectivity index (χ0n) is 14.2. The van der Waals surface area contributed by atoms with Crippen LogP contribution < -0.4 is 15.2 Å². The highest BCUT2D eigenvalue weighted by Gasteiger charge is 2.12. The van der Waals surface area contributed by atoms with E-state index in [9.17, 15) is 9.59 Å². The molecule has 2 N–H and O–H groups in total. The van der Waals surface area contributed by atoms with E-state index in [4.69, 9.17) is 15.2 Å². The molecule has 0 bridgehead atoms. The lowest BCUT2D eigenvalue weighted by molar-refractivity contribution is -0.130. The second kappa shape index (κ2) is 7.49. The van der Waals surface area contributed by atoms with E-state index in [2.05, 4.69) is 13.2 Å². The number of nitrogens with two attached hydrogens (primary N) is 1. The van der Waals surface area contributed by atoms with Gasteiger partial charge in [-0.1, -0.05) is 25.3 Å². The molecule has 0 saturated carbocycles. The molecule has 5 heteroatoms. The van der Waals surface area contributed by atoms with Gasteiger partial charge in [0.15, 0.2) is 0 Å². The molecule has 25 heavy (non-hydrogen) atoms. The number of rotatable bonds is 5. The number of anilines is 1. The molecule has 0 fully saturated rings. The number of esters is 2. The first-order valence-electron chi connectivity index (χ1n) is 7.52. The normalized spacial score (nSPS) is 10.0. The summed E-state index contributed by atoms with van der Waals surface area (Å²) in [5.41, 5.74) is 8.39. The maximum Gasteiger partial charge on any atom is 0.338 e. The third-order valence-electron chi connectivity index (χ3n) is 3.24. The summed E-state index contributed by atoms with van der Waals surface area (Å²) in [7, 11) is 0. The highest BCUT2D eigenvalue weighted by Crippen LogP contribution is 2.31. The molecule has 128 valence electrons. The van der Waals surface area contributed by atoms with Gasteiger partial charge < -0.3 is 15.2 Å². The van der Waals surface area contributed by atoms with Crippen molar-refractivity contribution in [2.75, 3.05) is 5.73 Å². The van der Waals surface area contributed by atoms with Gasteiger partial charge in [-0.25, -0.2) is 9.59 Å². The number of benzene rings is 2. The zero-order chi connectivity index (χ0) is 18.6. The number of hydrogen-bond acceptors (Lipinski definition) is 5. The monoisotopic (exact) mass is 337 g/mol. The topological polar surface area (TPSA) is 78.6 Å². The maximum atomic E-state index is 11.8. The lowest BCUT2D eigenvalue weighted by Gasteiger charge is -2.11. The van der Waals surface area contributed by atoms with E-state index >= 15 is 0 Å². The second-order valence-corrected chi connectivity index (χ2v) is 5.65. The second-order valence-electron chi connectivity index (χ2n) is 5.65. The van der Waals surface area contributed by atoms with E-state index < -0.39 is 11.9 Å². The van der Waals surface area contributed by atoms with Crippen molar-refractivity contribution in [2.24, 2.45) is 0 Å². The van der Waals surface area contributed by atoms with E-state index in [0.717, 1.165) is 5.56 Å². The lowest BCUT2D eigenvalue weighted by Crippen LogP contribution is -2.10. The fourth-order valence-electron chi connectivity index (χ4n) is 1.92. The molecule has 2 aromatic rings. The van der Waals surface area contributed by atoms with Gasteiger partial charge in [-0.3, -0.25) is 0 Å². The van der Waals surface area contributed by atoms with Crippen LogP contribution in [0.5, 0.6) is 11.5 Å². The molecule has 0 aliphatic heterocycles. The Labute approximate surface area is 146 Å². The van der Waals surface area contributed by atoms with Gasteiger partial charge in [0.1, 0.15) is 11.5 Å². The zero-order valence-corrected chi connectivity index (χ0v) is 14.2. The van der Waals surface area contributed by atoms with Crippen molar-refractivity contribution in [3.05, 3.63) is 66.8 Å². The highest BCUT2D eigenvalue weighted by atomic mass is 16.5. The Balaban J connectivity index is 2.44. The van der Waals surface area contributed by atoms with Crippen molar-refractivity contribution in [2.45, 2.75) is 13.8 Å². The molecule has 0 amide bonds. The van der Waals surface area contributed by atoms with Gasteiger partial charge in [0.05, 0.1) is 0 Å². The summed E-state index contributed by atoms with van der Waals surface area (Å²) in [6.45, 7) is 10.2. The Bertz CT molecular complexity index is 804. The summed E-state index contributed by atoms with van der Waals surface area (Å²) in [4.78, 5) is 23.6. The van der Waals surface area contributed by atoms with E-state index in [1.807, 2.05) is 12.1 Å². The van der Waals surface area contributed by atoms with Crippen LogP contribution in [0.2, 0.25) is 0 Å². The molecule has 0 saturated heterocycles. The minimum absolute atomic E-state index is 0.242. The Morgan fingerprint density at radius 1 is 0.800 bits per heavy atom. The average molecular weight is 337 g/mol. The number of nitrogen functional groups attached to an aromatic ring is 1. The molecule has 0 radical (unpaired) electrons. The van der Waals surface area contributed by atoms with Gasteiger partial charge in [-0.05, 0) is 49.2 Å². The van der Waals surface area contributed by atoms with Gasteiger partial charge in [0, 0.05) is 22.9 Å². The third-order valence-corrected chi connectivity index (χ3v) is 3.24. The summed E-state index contributed by atoms with van der Waals surface area (Å²) in [6.07, 6.45) is 0. The Hall–Kier alpha value is -3.34. The standard InChI is InChI=1S/C20H19NO4/c1-12(2)19(22)24-17-9-15(14-5-7-16(21)8-6-14)10-18(11-17)25-20(23)13(3)4/h5-11H,1,3,21H2,2,4H3. The summed E-state index contributed by atoms with van der Waals surface area (Å²) >= 11 is 0. The van der Waals surface area contributed by atoms with Crippen LogP contribution in [0.4, 0.5) is 5.69 Å². The molecular formula is C20H19NO4. The Morgan fingerprint density at radius 3 is 1.64 bits per heavy atom. The smallest absolute Gasteiger partial charge is 0.338 e. The predicted octanol–water partition coefficient (Wildman–Crippen LogP) is 3.90. The minimum atomic E-state index is -0.563. The van der Waals surface area contributed by atoms with Crippen molar-refractivity contribution in [1.29, 1.82) is 0 Å². The largest absolute Gasteiger partial charge is 0.423 e. The molecule has 0 heterocycles. The van der Waals surface area contributed by atoms with Crippen molar-refractivity contribution in [3.8, 4) is 22.6 Å². The summed E-state index contributed by atoms with van der Waals surface area (Å²) < 4.78 is 10.5. The van der Waals surface area contributed by atoms with Crippen LogP contribution in [-0.2, 0) is 9.59 Å². The van der Waals surface area contributed by atoms with Crippen molar-refractivity contribution in [1.82, 2.24) is 0 Å². The van der Waals surface area contributed by atoms with E-state index in [1.54, 1.807) is 38.1 Å². The fraction of sp³-hybridized carbons (Fsp3) is 0.100. The Kier molecular flexibility index (Phi) is 5.39. The van der Waals surface area contributed by atoms with Crippen molar-refractivity contribution < 1.29 is 19.1 Å². The summed E-state index contributed by atoms with van der Waals surface area (Å²) in [6, 6.07) is 11.9. The number of carbonyl (C=O) groups is 2. The highest BCUT2D eigenvalue weighted by molar-refractivity contribution is 5.90. The van der Waals surface area contributed by atoms with Crippen molar-refractivity contribution in [3.63, 3.8) is 0 Å². The van der Waals surface area contributed by atoms with E-state index in [0.29, 0.717) is 11.3 Å². The van der Waals surface area contributed by atoms with E-state index in [-0.39, 0.29) is 22.6 Å². The van der Waals surface area contributed by atoms with E-state index in [1.165, 1.54) is 6.07 Å². The molecule has 0 unspecified atom stereocenters. The van der Waals surface area contributed by atoms with Crippen LogP contribution in [0.1, 0.15) is 13.8 Å². The molecule has 0 atom stereocenters. The van der Waals surface area contributed by atoms with Crippen molar-refractivity contribution >= 4 is 17.6 Å². The van der Waals surface area contributed by atoms with Crippen LogP contribution in [-0.4, -0.2) is 11.9 Å². The quantitative estimate of drug-likeness (QED) is 0.387. The molecule has 5 nitrogen and oxygen atoms in total. The third kappa shape index (κ3) is 4.81. The van der Waals surface area contributed by atoms with Gasteiger partial charge in [0.25, 0.3) is 0 Å². The van der Waals surface area contributed by atoms with Gasteiger partial charge in [-0.15, -0.1) is 0 Å². The molecule has 0 aromatic heterocycles. The molecule has 2 rings (SSSR count). The molecule has 0 aliphatic carbocycles. The molecule has 0 spiro atoms. The summed E-state index contributed by atoms with van der Waals surface area (Å²) in [5, 5.41) is 0. The first kappa shape index (κ1) is 18.0. The molecule has 2 aromatic carbocycles. The van der Waals surface area contributed by atoms with Crippen LogP contribution >= 0.6 is 0 Å². The van der Waals surface area contributed by atoms with Gasteiger partial charge in [0.2, 0.25) is 0 Å². The van der Waals surface area contributed by atoms with Crippen LogP contribution in [0.3, 0.4) is 0 Å².